The quantitative estimate of drug-likeness (QED) is 0.736. The second kappa shape index (κ2) is 6.26. The summed E-state index contributed by atoms with van der Waals surface area (Å²) in [4.78, 5) is 11.1. The Hall–Kier alpha value is -1.98. The monoisotopic (exact) mass is 286 g/mol. The van der Waals surface area contributed by atoms with Crippen LogP contribution in [-0.4, -0.2) is 38.9 Å². The number of nitrogens with zero attached hydrogens (tertiary/aromatic N) is 2. The molecule has 0 saturated heterocycles. The number of halogens is 1. The SMILES string of the molecule is CN(CC(=O)OCC#N)S(=O)(=O)c1ccc(F)cc1. The summed E-state index contributed by atoms with van der Waals surface area (Å²) in [5.41, 5.74) is 0. The van der Waals surface area contributed by atoms with Crippen molar-refractivity contribution in [2.45, 2.75) is 4.90 Å². The zero-order chi connectivity index (χ0) is 14.5. The molecule has 1 aromatic carbocycles. The summed E-state index contributed by atoms with van der Waals surface area (Å²) in [6.45, 7) is -0.968. The van der Waals surface area contributed by atoms with Crippen molar-refractivity contribution < 1.29 is 22.3 Å². The average molecular weight is 286 g/mol. The zero-order valence-corrected chi connectivity index (χ0v) is 10.9. The van der Waals surface area contributed by atoms with E-state index in [1.165, 1.54) is 7.05 Å². The number of hydrogen-bond donors (Lipinski definition) is 0. The maximum atomic E-state index is 12.7. The Kier molecular flexibility index (Phi) is 4.97. The smallest absolute Gasteiger partial charge is 0.322 e. The van der Waals surface area contributed by atoms with Gasteiger partial charge in [0.05, 0.1) is 4.90 Å². The first-order valence-corrected chi connectivity index (χ1v) is 6.56. The Morgan fingerprint density at radius 1 is 1.42 bits per heavy atom. The molecule has 0 aliphatic carbocycles. The predicted molar refractivity (Wildman–Crippen MR) is 62.8 cm³/mol. The van der Waals surface area contributed by atoms with E-state index in [0.717, 1.165) is 28.6 Å². The van der Waals surface area contributed by atoms with Crippen LogP contribution >= 0.6 is 0 Å². The van der Waals surface area contributed by atoms with E-state index in [4.69, 9.17) is 5.26 Å². The van der Waals surface area contributed by atoms with Gasteiger partial charge in [0.25, 0.3) is 0 Å². The molecule has 0 amide bonds. The van der Waals surface area contributed by atoms with Crippen molar-refractivity contribution in [1.29, 1.82) is 5.26 Å². The van der Waals surface area contributed by atoms with E-state index in [0.29, 0.717) is 0 Å². The van der Waals surface area contributed by atoms with Crippen LogP contribution in [0.25, 0.3) is 0 Å². The van der Waals surface area contributed by atoms with Gasteiger partial charge in [-0.3, -0.25) is 4.79 Å². The van der Waals surface area contributed by atoms with Gasteiger partial charge in [-0.15, -0.1) is 0 Å². The van der Waals surface area contributed by atoms with Gasteiger partial charge >= 0.3 is 5.97 Å². The lowest BCUT2D eigenvalue weighted by atomic mass is 10.4. The van der Waals surface area contributed by atoms with Crippen molar-refractivity contribution in [2.24, 2.45) is 0 Å². The van der Waals surface area contributed by atoms with Crippen LogP contribution in [0.3, 0.4) is 0 Å². The number of likely N-dealkylation sites (N-methyl/N-ethyl adjacent to an activating group) is 1. The van der Waals surface area contributed by atoms with E-state index < -0.39 is 35.0 Å². The third-order valence-electron chi connectivity index (χ3n) is 2.17. The van der Waals surface area contributed by atoms with E-state index in [1.807, 2.05) is 0 Å². The van der Waals surface area contributed by atoms with E-state index in [1.54, 1.807) is 6.07 Å². The van der Waals surface area contributed by atoms with Crippen LogP contribution in [0.5, 0.6) is 0 Å². The number of sulfonamides is 1. The number of carbonyl (C=O) groups is 1. The van der Waals surface area contributed by atoms with Gasteiger partial charge in [-0.1, -0.05) is 0 Å². The number of nitriles is 1. The van der Waals surface area contributed by atoms with Crippen molar-refractivity contribution in [3.05, 3.63) is 30.1 Å². The molecule has 0 spiro atoms. The van der Waals surface area contributed by atoms with Crippen LogP contribution in [-0.2, 0) is 19.6 Å². The first kappa shape index (κ1) is 15.1. The molecule has 19 heavy (non-hydrogen) atoms. The van der Waals surface area contributed by atoms with Crippen LogP contribution in [0, 0.1) is 17.1 Å². The Morgan fingerprint density at radius 2 is 2.00 bits per heavy atom. The molecule has 0 aliphatic rings. The lowest BCUT2D eigenvalue weighted by Crippen LogP contribution is -2.33. The molecule has 0 aromatic heterocycles. The normalized spacial score (nSPS) is 11.1. The maximum Gasteiger partial charge on any atom is 0.322 e. The van der Waals surface area contributed by atoms with Crippen LogP contribution in [0.1, 0.15) is 0 Å². The van der Waals surface area contributed by atoms with Gasteiger partial charge in [-0.2, -0.15) is 9.57 Å². The highest BCUT2D eigenvalue weighted by Crippen LogP contribution is 2.14. The number of benzene rings is 1. The molecule has 0 aliphatic heterocycles. The molecule has 1 rings (SSSR count). The average Bonchev–Trinajstić information content (AvgIpc) is 2.36. The van der Waals surface area contributed by atoms with Gasteiger partial charge in [-0.05, 0) is 24.3 Å². The Labute approximate surface area is 110 Å². The fourth-order valence-corrected chi connectivity index (χ4v) is 2.33. The van der Waals surface area contributed by atoms with Crippen LogP contribution in [0.15, 0.2) is 29.2 Å². The summed E-state index contributed by atoms with van der Waals surface area (Å²) in [5, 5.41) is 8.22. The highest BCUT2D eigenvalue weighted by atomic mass is 32.2. The second-order valence-corrected chi connectivity index (χ2v) is 5.58. The lowest BCUT2D eigenvalue weighted by Gasteiger charge is -2.15. The maximum absolute atomic E-state index is 12.7. The minimum atomic E-state index is -3.89. The van der Waals surface area contributed by atoms with E-state index >= 15 is 0 Å². The molecule has 8 heteroatoms. The Morgan fingerprint density at radius 3 is 2.53 bits per heavy atom. The van der Waals surface area contributed by atoms with Gasteiger partial charge < -0.3 is 4.74 Å². The largest absolute Gasteiger partial charge is 0.449 e. The molecule has 0 heterocycles. The number of rotatable bonds is 5. The van der Waals surface area contributed by atoms with Gasteiger partial charge in [0.2, 0.25) is 10.0 Å². The molecule has 0 radical (unpaired) electrons. The minimum Gasteiger partial charge on any atom is -0.449 e. The van der Waals surface area contributed by atoms with E-state index in [9.17, 15) is 17.6 Å². The first-order chi connectivity index (χ1) is 8.87. The van der Waals surface area contributed by atoms with Gasteiger partial charge in [0, 0.05) is 7.05 Å². The van der Waals surface area contributed by atoms with Crippen LogP contribution in [0.4, 0.5) is 4.39 Å². The molecule has 102 valence electrons. The van der Waals surface area contributed by atoms with Gasteiger partial charge in [0.15, 0.2) is 6.61 Å². The Bertz CT molecular complexity index is 592. The fraction of sp³-hybridized carbons (Fsp3) is 0.273. The van der Waals surface area contributed by atoms with Crippen molar-refractivity contribution >= 4 is 16.0 Å². The topological polar surface area (TPSA) is 87.5 Å². The second-order valence-electron chi connectivity index (χ2n) is 3.53. The number of ether oxygens (including phenoxy) is 1. The minimum absolute atomic E-state index is 0.135. The molecule has 1 aromatic rings. The highest BCUT2D eigenvalue weighted by Gasteiger charge is 2.23. The van der Waals surface area contributed by atoms with Crippen LogP contribution < -0.4 is 0 Å². The van der Waals surface area contributed by atoms with Gasteiger partial charge in [0.1, 0.15) is 18.4 Å². The highest BCUT2D eigenvalue weighted by molar-refractivity contribution is 7.89. The standard InChI is InChI=1S/C11H11FN2O4S/c1-14(8-11(15)18-7-6-13)19(16,17)10-4-2-9(12)3-5-10/h2-5H,7-8H2,1H3. The number of hydrogen-bond acceptors (Lipinski definition) is 5. The predicted octanol–water partition coefficient (Wildman–Crippen LogP) is 0.513. The molecule has 0 fully saturated rings. The van der Waals surface area contributed by atoms with Crippen molar-refractivity contribution in [2.75, 3.05) is 20.2 Å². The molecule has 0 saturated carbocycles. The zero-order valence-electron chi connectivity index (χ0n) is 10.0. The number of esters is 1. The molecule has 0 N–H and O–H groups in total. The van der Waals surface area contributed by atoms with Crippen LogP contribution in [0.2, 0.25) is 0 Å². The Balaban J connectivity index is 2.80. The molecule has 0 bridgehead atoms. The third-order valence-corrected chi connectivity index (χ3v) is 3.99. The molecular weight excluding hydrogens is 275 g/mol. The first-order valence-electron chi connectivity index (χ1n) is 5.12. The lowest BCUT2D eigenvalue weighted by molar-refractivity contribution is -0.142. The fourth-order valence-electron chi connectivity index (χ4n) is 1.21. The molecule has 0 unspecified atom stereocenters. The van der Waals surface area contributed by atoms with Crippen molar-refractivity contribution in [1.82, 2.24) is 4.31 Å². The summed E-state index contributed by atoms with van der Waals surface area (Å²) < 4.78 is 41.9. The molecule has 0 atom stereocenters. The van der Waals surface area contributed by atoms with Crippen molar-refractivity contribution in [3.63, 3.8) is 0 Å². The molecular formula is C11H11FN2O4S. The van der Waals surface area contributed by atoms with E-state index in [-0.39, 0.29) is 4.90 Å². The number of carbonyl (C=O) groups excluding carboxylic acids is 1. The third kappa shape index (κ3) is 4.01. The molecule has 6 nitrogen and oxygen atoms in total. The van der Waals surface area contributed by atoms with Crippen molar-refractivity contribution in [3.8, 4) is 6.07 Å². The summed E-state index contributed by atoms with van der Waals surface area (Å²) in [5.74, 6) is -1.40. The van der Waals surface area contributed by atoms with Gasteiger partial charge in [-0.25, -0.2) is 12.8 Å². The summed E-state index contributed by atoms with van der Waals surface area (Å²) in [6, 6.07) is 5.81. The van der Waals surface area contributed by atoms with E-state index in [2.05, 4.69) is 4.74 Å². The summed E-state index contributed by atoms with van der Waals surface area (Å²) in [7, 11) is -2.71. The summed E-state index contributed by atoms with van der Waals surface area (Å²) >= 11 is 0. The summed E-state index contributed by atoms with van der Waals surface area (Å²) in [6.07, 6.45) is 0.